The van der Waals surface area contributed by atoms with Crippen LogP contribution in [0.5, 0.6) is 5.75 Å². The van der Waals surface area contributed by atoms with Gasteiger partial charge in [-0.05, 0) is 25.5 Å². The molecule has 0 radical (unpaired) electrons. The van der Waals surface area contributed by atoms with Gasteiger partial charge in [0.15, 0.2) is 9.84 Å². The summed E-state index contributed by atoms with van der Waals surface area (Å²) in [4.78, 5) is 11.9. The molecule has 0 aliphatic carbocycles. The highest BCUT2D eigenvalue weighted by Gasteiger charge is 2.28. The first-order valence-electron chi connectivity index (χ1n) is 6.50. The lowest BCUT2D eigenvalue weighted by Crippen LogP contribution is -2.38. The lowest BCUT2D eigenvalue weighted by Gasteiger charge is -2.14. The van der Waals surface area contributed by atoms with E-state index in [-0.39, 0.29) is 17.5 Å². The summed E-state index contributed by atoms with van der Waals surface area (Å²) in [6.45, 7) is 2.36. The number of anilines is 1. The Morgan fingerprint density at radius 3 is 2.80 bits per heavy atom. The first-order chi connectivity index (χ1) is 9.50. The van der Waals surface area contributed by atoms with Gasteiger partial charge in [-0.15, -0.1) is 0 Å². The highest BCUT2D eigenvalue weighted by Crippen LogP contribution is 2.23. The molecule has 1 fully saturated rings. The van der Waals surface area contributed by atoms with E-state index in [0.29, 0.717) is 24.5 Å². The molecule has 6 nitrogen and oxygen atoms in total. The zero-order valence-corrected chi connectivity index (χ0v) is 12.1. The Balaban J connectivity index is 1.95. The number of urea groups is 1. The predicted octanol–water partition coefficient (Wildman–Crippen LogP) is 1.39. The van der Waals surface area contributed by atoms with Gasteiger partial charge in [-0.2, -0.15) is 0 Å². The molecule has 0 aromatic heterocycles. The highest BCUT2D eigenvalue weighted by molar-refractivity contribution is 7.91. The Bertz CT molecular complexity index is 586. The maximum Gasteiger partial charge on any atom is 0.319 e. The fourth-order valence-electron chi connectivity index (χ4n) is 2.10. The van der Waals surface area contributed by atoms with Crippen LogP contribution in [0.3, 0.4) is 0 Å². The molecule has 1 aromatic rings. The molecule has 1 aromatic carbocycles. The minimum atomic E-state index is -3.00. The summed E-state index contributed by atoms with van der Waals surface area (Å²) in [5.74, 6) is 0.727. The van der Waals surface area contributed by atoms with Crippen molar-refractivity contribution in [2.45, 2.75) is 19.4 Å². The lowest BCUT2D eigenvalue weighted by atomic mass is 10.2. The molecule has 2 amide bonds. The van der Waals surface area contributed by atoms with Crippen molar-refractivity contribution in [2.75, 3.05) is 23.4 Å². The van der Waals surface area contributed by atoms with Crippen molar-refractivity contribution in [1.29, 1.82) is 0 Å². The van der Waals surface area contributed by atoms with Gasteiger partial charge < -0.3 is 15.4 Å². The second-order valence-corrected chi connectivity index (χ2v) is 6.86. The van der Waals surface area contributed by atoms with Crippen LogP contribution in [0.2, 0.25) is 0 Å². The number of carbonyl (C=O) groups excluding carboxylic acids is 1. The van der Waals surface area contributed by atoms with Crippen LogP contribution in [0, 0.1) is 0 Å². The second kappa shape index (κ2) is 6.13. The van der Waals surface area contributed by atoms with E-state index in [4.69, 9.17) is 4.74 Å². The van der Waals surface area contributed by atoms with E-state index in [1.165, 1.54) is 0 Å². The van der Waals surface area contributed by atoms with Gasteiger partial charge in [0.25, 0.3) is 0 Å². The topological polar surface area (TPSA) is 84.5 Å². The van der Waals surface area contributed by atoms with Gasteiger partial charge in [0, 0.05) is 6.04 Å². The van der Waals surface area contributed by atoms with E-state index in [2.05, 4.69) is 10.6 Å². The highest BCUT2D eigenvalue weighted by atomic mass is 32.2. The fraction of sp³-hybridized carbons (Fsp3) is 0.462. The third-order valence-electron chi connectivity index (χ3n) is 3.00. The summed E-state index contributed by atoms with van der Waals surface area (Å²) in [5.41, 5.74) is 0.563. The van der Waals surface area contributed by atoms with Crippen molar-refractivity contribution >= 4 is 21.6 Å². The van der Waals surface area contributed by atoms with Crippen LogP contribution in [0.1, 0.15) is 13.3 Å². The number of amides is 2. The standard InChI is InChI=1S/C13H18N2O4S/c1-2-19-12-6-4-3-5-11(12)15-13(16)14-10-7-8-20(17,18)9-10/h3-6,10H,2,7-9H2,1H3,(H2,14,15,16). The molecule has 0 spiro atoms. The minimum absolute atomic E-state index is 0.00747. The molecule has 2 N–H and O–H groups in total. The van der Waals surface area contributed by atoms with Crippen LogP contribution < -0.4 is 15.4 Å². The maximum absolute atomic E-state index is 11.9. The zero-order valence-electron chi connectivity index (χ0n) is 11.3. The van der Waals surface area contributed by atoms with E-state index in [1.807, 2.05) is 13.0 Å². The minimum Gasteiger partial charge on any atom is -0.492 e. The van der Waals surface area contributed by atoms with Gasteiger partial charge in [-0.3, -0.25) is 0 Å². The molecule has 0 saturated carbocycles. The molecule has 1 atom stereocenters. The molecule has 1 heterocycles. The number of benzene rings is 1. The Kier molecular flexibility index (Phi) is 4.49. The molecule has 1 aliphatic rings. The van der Waals surface area contributed by atoms with Crippen LogP contribution in [0.25, 0.3) is 0 Å². The molecule has 1 unspecified atom stereocenters. The van der Waals surface area contributed by atoms with E-state index >= 15 is 0 Å². The monoisotopic (exact) mass is 298 g/mol. The van der Waals surface area contributed by atoms with E-state index in [1.54, 1.807) is 18.2 Å². The van der Waals surface area contributed by atoms with Gasteiger partial charge in [-0.1, -0.05) is 12.1 Å². The third kappa shape index (κ3) is 3.86. The van der Waals surface area contributed by atoms with E-state index in [9.17, 15) is 13.2 Å². The normalized spacial score (nSPS) is 20.4. The summed E-state index contributed by atoms with van der Waals surface area (Å²) in [6.07, 6.45) is 0.461. The average molecular weight is 298 g/mol. The second-order valence-electron chi connectivity index (χ2n) is 4.63. The molecule has 0 bridgehead atoms. The summed E-state index contributed by atoms with van der Waals surface area (Å²) in [5, 5.41) is 5.35. The molecule has 7 heteroatoms. The van der Waals surface area contributed by atoms with Gasteiger partial charge in [0.2, 0.25) is 0 Å². The summed E-state index contributed by atoms with van der Waals surface area (Å²) >= 11 is 0. The molecule has 1 aliphatic heterocycles. The molecular formula is C13H18N2O4S. The van der Waals surface area contributed by atoms with Crippen molar-refractivity contribution in [2.24, 2.45) is 0 Å². The number of rotatable bonds is 4. The van der Waals surface area contributed by atoms with Crippen LogP contribution >= 0.6 is 0 Å². The molecule has 2 rings (SSSR count). The summed E-state index contributed by atoms with van der Waals surface area (Å²) in [6, 6.07) is 6.36. The Labute approximate surface area is 118 Å². The fourth-order valence-corrected chi connectivity index (χ4v) is 3.78. The number of para-hydroxylation sites is 2. The largest absolute Gasteiger partial charge is 0.492 e. The predicted molar refractivity (Wildman–Crippen MR) is 76.8 cm³/mol. The van der Waals surface area contributed by atoms with Crippen molar-refractivity contribution in [3.05, 3.63) is 24.3 Å². The first kappa shape index (κ1) is 14.6. The third-order valence-corrected chi connectivity index (χ3v) is 4.77. The zero-order chi connectivity index (χ0) is 14.6. The van der Waals surface area contributed by atoms with Crippen molar-refractivity contribution in [3.63, 3.8) is 0 Å². The Hall–Kier alpha value is -1.76. The number of hydrogen-bond acceptors (Lipinski definition) is 4. The lowest BCUT2D eigenvalue weighted by molar-refractivity contribution is 0.249. The number of nitrogens with one attached hydrogen (secondary N) is 2. The average Bonchev–Trinajstić information content (AvgIpc) is 2.71. The van der Waals surface area contributed by atoms with Crippen molar-refractivity contribution in [3.8, 4) is 5.75 Å². The molecule has 110 valence electrons. The molecular weight excluding hydrogens is 280 g/mol. The van der Waals surface area contributed by atoms with Crippen molar-refractivity contribution in [1.82, 2.24) is 5.32 Å². The van der Waals surface area contributed by atoms with Crippen molar-refractivity contribution < 1.29 is 17.9 Å². The number of ether oxygens (including phenoxy) is 1. The van der Waals surface area contributed by atoms with Crippen LogP contribution in [0.15, 0.2) is 24.3 Å². The van der Waals surface area contributed by atoms with E-state index in [0.717, 1.165) is 0 Å². The number of sulfone groups is 1. The molecule has 1 saturated heterocycles. The summed E-state index contributed by atoms with van der Waals surface area (Å²) < 4.78 is 28.1. The van der Waals surface area contributed by atoms with Crippen LogP contribution in [-0.4, -0.2) is 38.6 Å². The Morgan fingerprint density at radius 2 is 2.15 bits per heavy atom. The van der Waals surface area contributed by atoms with E-state index < -0.39 is 15.9 Å². The summed E-state index contributed by atoms with van der Waals surface area (Å²) in [7, 11) is -3.00. The van der Waals surface area contributed by atoms with Gasteiger partial charge in [0.05, 0.1) is 23.8 Å². The maximum atomic E-state index is 11.9. The number of hydrogen-bond donors (Lipinski definition) is 2. The quantitative estimate of drug-likeness (QED) is 0.880. The smallest absolute Gasteiger partial charge is 0.319 e. The Morgan fingerprint density at radius 1 is 1.40 bits per heavy atom. The first-order valence-corrected chi connectivity index (χ1v) is 8.32. The van der Waals surface area contributed by atoms with Crippen LogP contribution in [0.4, 0.5) is 10.5 Å². The van der Waals surface area contributed by atoms with Gasteiger partial charge >= 0.3 is 6.03 Å². The SMILES string of the molecule is CCOc1ccccc1NC(=O)NC1CCS(=O)(=O)C1. The molecule has 20 heavy (non-hydrogen) atoms. The van der Waals surface area contributed by atoms with Gasteiger partial charge in [0.1, 0.15) is 5.75 Å². The van der Waals surface area contributed by atoms with Gasteiger partial charge in [-0.25, -0.2) is 13.2 Å². The number of carbonyl (C=O) groups is 1. The van der Waals surface area contributed by atoms with Crippen LogP contribution in [-0.2, 0) is 9.84 Å².